The van der Waals surface area contributed by atoms with Gasteiger partial charge in [-0.05, 0) is 6.42 Å². The maximum absolute atomic E-state index is 8.89. The first-order chi connectivity index (χ1) is 6.38. The number of nitrogens with zero attached hydrogens (tertiary/aromatic N) is 1. The summed E-state index contributed by atoms with van der Waals surface area (Å²) in [7, 11) is 1.74. The van der Waals surface area contributed by atoms with Crippen molar-refractivity contribution in [2.75, 3.05) is 44.9 Å². The van der Waals surface area contributed by atoms with Crippen LogP contribution in [0.2, 0.25) is 0 Å². The summed E-state index contributed by atoms with van der Waals surface area (Å²) in [5.41, 5.74) is 0. The van der Waals surface area contributed by atoms with Gasteiger partial charge in [-0.15, -0.1) is 0 Å². The van der Waals surface area contributed by atoms with E-state index in [1.54, 1.807) is 7.11 Å². The number of aliphatic hydroxyl groups is 1. The molecule has 13 heavy (non-hydrogen) atoms. The Morgan fingerprint density at radius 3 is 3.15 bits per heavy atom. The molecular formula is C9H19NO2S. The van der Waals surface area contributed by atoms with E-state index in [9.17, 15) is 0 Å². The number of hydrogen-bond acceptors (Lipinski definition) is 4. The SMILES string of the molecule is COCCN1CCSCC1CCO. The maximum atomic E-state index is 8.89. The van der Waals surface area contributed by atoms with E-state index in [-0.39, 0.29) is 0 Å². The van der Waals surface area contributed by atoms with E-state index < -0.39 is 0 Å². The van der Waals surface area contributed by atoms with Crippen molar-refractivity contribution in [1.82, 2.24) is 4.90 Å². The third-order valence-electron chi connectivity index (χ3n) is 2.39. The van der Waals surface area contributed by atoms with Crippen LogP contribution in [-0.4, -0.2) is 61.0 Å². The van der Waals surface area contributed by atoms with Crippen molar-refractivity contribution in [2.45, 2.75) is 12.5 Å². The van der Waals surface area contributed by atoms with E-state index in [1.807, 2.05) is 11.8 Å². The zero-order valence-electron chi connectivity index (χ0n) is 8.24. The molecule has 1 unspecified atom stereocenters. The fraction of sp³-hybridized carbons (Fsp3) is 1.00. The number of thioether (sulfide) groups is 1. The third-order valence-corrected chi connectivity index (χ3v) is 3.49. The second-order valence-electron chi connectivity index (χ2n) is 3.27. The molecule has 1 saturated heterocycles. The molecule has 1 atom stereocenters. The van der Waals surface area contributed by atoms with Crippen LogP contribution in [0.4, 0.5) is 0 Å². The van der Waals surface area contributed by atoms with Crippen LogP contribution in [0.3, 0.4) is 0 Å². The van der Waals surface area contributed by atoms with Gasteiger partial charge in [0.1, 0.15) is 0 Å². The minimum absolute atomic E-state index is 0.300. The number of aliphatic hydroxyl groups excluding tert-OH is 1. The van der Waals surface area contributed by atoms with Crippen LogP contribution in [0, 0.1) is 0 Å². The van der Waals surface area contributed by atoms with E-state index >= 15 is 0 Å². The molecule has 1 N–H and O–H groups in total. The molecule has 1 aliphatic heterocycles. The zero-order chi connectivity index (χ0) is 9.52. The summed E-state index contributed by atoms with van der Waals surface area (Å²) in [6.45, 7) is 3.24. The van der Waals surface area contributed by atoms with Crippen molar-refractivity contribution in [3.05, 3.63) is 0 Å². The second kappa shape index (κ2) is 6.65. The Bertz CT molecular complexity index is 133. The topological polar surface area (TPSA) is 32.7 Å². The van der Waals surface area contributed by atoms with Gasteiger partial charge >= 0.3 is 0 Å². The number of ether oxygens (including phenoxy) is 1. The molecule has 1 heterocycles. The Morgan fingerprint density at radius 2 is 2.46 bits per heavy atom. The zero-order valence-corrected chi connectivity index (χ0v) is 9.05. The van der Waals surface area contributed by atoms with Gasteiger partial charge in [0, 0.05) is 44.4 Å². The molecule has 0 radical (unpaired) electrons. The first-order valence-corrected chi connectivity index (χ1v) is 5.95. The Hall–Kier alpha value is 0.230. The Balaban J connectivity index is 2.28. The lowest BCUT2D eigenvalue weighted by atomic mass is 10.2. The van der Waals surface area contributed by atoms with Gasteiger partial charge in [-0.1, -0.05) is 0 Å². The minimum atomic E-state index is 0.300. The van der Waals surface area contributed by atoms with Crippen LogP contribution in [0.1, 0.15) is 6.42 Å². The molecule has 0 amide bonds. The summed E-state index contributed by atoms with van der Waals surface area (Å²) < 4.78 is 5.06. The Morgan fingerprint density at radius 1 is 1.62 bits per heavy atom. The predicted octanol–water partition coefficient (Wildman–Crippen LogP) is 0.433. The highest BCUT2D eigenvalue weighted by molar-refractivity contribution is 7.99. The summed E-state index contributed by atoms with van der Waals surface area (Å²) in [5.74, 6) is 2.37. The molecule has 0 spiro atoms. The molecule has 78 valence electrons. The molecule has 4 heteroatoms. The lowest BCUT2D eigenvalue weighted by Crippen LogP contribution is -2.44. The highest BCUT2D eigenvalue weighted by atomic mass is 32.2. The van der Waals surface area contributed by atoms with E-state index in [0.717, 1.165) is 31.9 Å². The maximum Gasteiger partial charge on any atom is 0.0589 e. The molecule has 3 nitrogen and oxygen atoms in total. The minimum Gasteiger partial charge on any atom is -0.396 e. The quantitative estimate of drug-likeness (QED) is 0.705. The molecule has 1 aliphatic rings. The molecule has 0 bridgehead atoms. The second-order valence-corrected chi connectivity index (χ2v) is 4.42. The third kappa shape index (κ3) is 3.85. The molecule has 1 rings (SSSR count). The first-order valence-electron chi connectivity index (χ1n) is 4.80. The molecule has 0 aliphatic carbocycles. The molecule has 0 aromatic rings. The smallest absolute Gasteiger partial charge is 0.0589 e. The van der Waals surface area contributed by atoms with Gasteiger partial charge in [-0.3, -0.25) is 4.90 Å². The van der Waals surface area contributed by atoms with Gasteiger partial charge in [-0.2, -0.15) is 11.8 Å². The van der Waals surface area contributed by atoms with Gasteiger partial charge in [-0.25, -0.2) is 0 Å². The van der Waals surface area contributed by atoms with Gasteiger partial charge in [0.2, 0.25) is 0 Å². The van der Waals surface area contributed by atoms with Gasteiger partial charge < -0.3 is 9.84 Å². The molecule has 0 saturated carbocycles. The lowest BCUT2D eigenvalue weighted by Gasteiger charge is -2.34. The molecular weight excluding hydrogens is 186 g/mol. The fourth-order valence-electron chi connectivity index (χ4n) is 1.61. The van der Waals surface area contributed by atoms with Crippen molar-refractivity contribution >= 4 is 11.8 Å². The molecule has 0 aromatic carbocycles. The largest absolute Gasteiger partial charge is 0.396 e. The van der Waals surface area contributed by atoms with E-state index in [4.69, 9.17) is 9.84 Å². The van der Waals surface area contributed by atoms with Crippen molar-refractivity contribution in [3.63, 3.8) is 0 Å². The van der Waals surface area contributed by atoms with E-state index in [0.29, 0.717) is 12.6 Å². The van der Waals surface area contributed by atoms with Crippen LogP contribution in [0.15, 0.2) is 0 Å². The van der Waals surface area contributed by atoms with Crippen molar-refractivity contribution < 1.29 is 9.84 Å². The van der Waals surface area contributed by atoms with E-state index in [1.165, 1.54) is 5.75 Å². The van der Waals surface area contributed by atoms with Crippen molar-refractivity contribution in [2.24, 2.45) is 0 Å². The highest BCUT2D eigenvalue weighted by Gasteiger charge is 2.21. The lowest BCUT2D eigenvalue weighted by molar-refractivity contribution is 0.116. The Kier molecular flexibility index (Phi) is 5.78. The van der Waals surface area contributed by atoms with Crippen LogP contribution < -0.4 is 0 Å². The normalized spacial score (nSPS) is 24.9. The summed E-state index contributed by atoms with van der Waals surface area (Å²) in [5, 5.41) is 8.89. The van der Waals surface area contributed by atoms with Crippen LogP contribution in [-0.2, 0) is 4.74 Å². The standard InChI is InChI=1S/C9H19NO2S/c1-12-6-3-10-4-7-13-8-9(10)2-5-11/h9,11H,2-8H2,1H3. The van der Waals surface area contributed by atoms with Gasteiger partial charge in [0.15, 0.2) is 0 Å². The predicted molar refractivity (Wildman–Crippen MR) is 56.3 cm³/mol. The molecule has 1 fully saturated rings. The van der Waals surface area contributed by atoms with Gasteiger partial charge in [0.25, 0.3) is 0 Å². The first kappa shape index (κ1) is 11.3. The number of methoxy groups -OCH3 is 1. The number of rotatable bonds is 5. The summed E-state index contributed by atoms with van der Waals surface area (Å²) >= 11 is 1.99. The van der Waals surface area contributed by atoms with E-state index in [2.05, 4.69) is 4.90 Å². The average Bonchev–Trinajstić information content (AvgIpc) is 2.17. The number of hydrogen-bond donors (Lipinski definition) is 1. The molecule has 0 aromatic heterocycles. The Labute approximate surface area is 84.4 Å². The summed E-state index contributed by atoms with van der Waals surface area (Å²) in [6, 6.07) is 0.555. The summed E-state index contributed by atoms with van der Waals surface area (Å²) in [4.78, 5) is 2.43. The average molecular weight is 205 g/mol. The summed E-state index contributed by atoms with van der Waals surface area (Å²) in [6.07, 6.45) is 0.900. The van der Waals surface area contributed by atoms with Crippen LogP contribution in [0.5, 0.6) is 0 Å². The van der Waals surface area contributed by atoms with Crippen LogP contribution in [0.25, 0.3) is 0 Å². The van der Waals surface area contributed by atoms with Crippen molar-refractivity contribution in [1.29, 1.82) is 0 Å². The van der Waals surface area contributed by atoms with Crippen molar-refractivity contribution in [3.8, 4) is 0 Å². The van der Waals surface area contributed by atoms with Gasteiger partial charge in [0.05, 0.1) is 6.61 Å². The van der Waals surface area contributed by atoms with Crippen LogP contribution >= 0.6 is 11.8 Å². The highest BCUT2D eigenvalue weighted by Crippen LogP contribution is 2.18. The fourth-order valence-corrected chi connectivity index (χ4v) is 2.79. The monoisotopic (exact) mass is 205 g/mol.